The Morgan fingerprint density at radius 2 is 2.20 bits per heavy atom. The summed E-state index contributed by atoms with van der Waals surface area (Å²) in [6, 6.07) is 2.35. The third-order valence-electron chi connectivity index (χ3n) is 4.28. The Balaban J connectivity index is 1.79. The molecular weight excluding hydrogens is 326 g/mol. The van der Waals surface area contributed by atoms with Crippen molar-refractivity contribution in [3.63, 3.8) is 0 Å². The second-order valence-electron chi connectivity index (χ2n) is 6.07. The Bertz CT molecular complexity index is 770. The molecule has 132 valence electrons. The number of alkyl halides is 2. The van der Waals surface area contributed by atoms with Crippen molar-refractivity contribution in [2.45, 2.75) is 38.7 Å². The third-order valence-corrected chi connectivity index (χ3v) is 4.28. The number of aromatic amines is 1. The molecule has 1 saturated heterocycles. The van der Waals surface area contributed by atoms with Crippen molar-refractivity contribution in [1.82, 2.24) is 19.9 Å². The van der Waals surface area contributed by atoms with Crippen LogP contribution in [0.4, 0.5) is 14.6 Å². The van der Waals surface area contributed by atoms with E-state index in [0.29, 0.717) is 23.3 Å². The van der Waals surface area contributed by atoms with Crippen molar-refractivity contribution in [3.8, 4) is 11.4 Å². The van der Waals surface area contributed by atoms with E-state index in [1.165, 1.54) is 18.8 Å². The maximum absolute atomic E-state index is 12.3. The average molecular weight is 346 g/mol. The normalized spacial score (nSPS) is 18.2. The number of piperidine rings is 1. The number of hydrogen-bond donors (Lipinski definition) is 2. The van der Waals surface area contributed by atoms with Crippen molar-refractivity contribution >= 4 is 17.6 Å². The van der Waals surface area contributed by atoms with Crippen LogP contribution in [-0.2, 0) is 0 Å². The van der Waals surface area contributed by atoms with Crippen LogP contribution in [0.5, 0.6) is 0 Å². The Kier molecular flexibility index (Phi) is 5.16. The molecule has 0 radical (unpaired) electrons. The minimum Gasteiger partial charge on any atom is -0.354 e. The molecule has 2 aromatic rings. The Morgan fingerprint density at radius 1 is 1.36 bits per heavy atom. The number of nitrogens with one attached hydrogen (secondary N) is 2. The lowest BCUT2D eigenvalue weighted by atomic mass is 10.0. The predicted molar refractivity (Wildman–Crippen MR) is 93.0 cm³/mol. The van der Waals surface area contributed by atoms with Crippen LogP contribution in [0.3, 0.4) is 0 Å². The fraction of sp³-hybridized carbons (Fsp3) is 0.412. The van der Waals surface area contributed by atoms with Crippen LogP contribution >= 0.6 is 0 Å². The van der Waals surface area contributed by atoms with Gasteiger partial charge in [0.05, 0.1) is 23.3 Å². The first-order valence-electron chi connectivity index (χ1n) is 8.23. The molecule has 0 amide bonds. The van der Waals surface area contributed by atoms with Crippen molar-refractivity contribution in [3.05, 3.63) is 30.5 Å². The Hall–Kier alpha value is -2.64. The molecule has 0 unspecified atom stereocenters. The van der Waals surface area contributed by atoms with Gasteiger partial charge in [0.25, 0.3) is 6.43 Å². The number of aromatic nitrogens is 4. The van der Waals surface area contributed by atoms with Crippen LogP contribution in [0.25, 0.3) is 17.5 Å². The fourth-order valence-electron chi connectivity index (χ4n) is 2.88. The molecule has 2 aromatic heterocycles. The lowest BCUT2D eigenvalue weighted by Crippen LogP contribution is -2.38. The highest BCUT2D eigenvalue weighted by molar-refractivity contribution is 5.97. The Morgan fingerprint density at radius 3 is 2.96 bits per heavy atom. The molecule has 0 saturated carbocycles. The maximum atomic E-state index is 12.3. The highest BCUT2D eigenvalue weighted by Gasteiger charge is 2.20. The molecule has 6 nitrogen and oxygen atoms in total. The van der Waals surface area contributed by atoms with Crippen LogP contribution in [0.2, 0.25) is 0 Å². The number of hydrogen-bond acceptors (Lipinski definition) is 5. The molecule has 25 heavy (non-hydrogen) atoms. The highest BCUT2D eigenvalue weighted by atomic mass is 19.3. The summed E-state index contributed by atoms with van der Waals surface area (Å²) in [7, 11) is 0. The van der Waals surface area contributed by atoms with Crippen LogP contribution in [-0.4, -0.2) is 44.7 Å². The zero-order valence-corrected chi connectivity index (χ0v) is 13.9. The summed E-state index contributed by atoms with van der Waals surface area (Å²) in [4.78, 5) is 18.1. The molecule has 2 N–H and O–H groups in total. The van der Waals surface area contributed by atoms with Crippen molar-refractivity contribution in [1.29, 1.82) is 5.41 Å². The predicted octanol–water partition coefficient (Wildman–Crippen LogP) is 3.54. The quantitative estimate of drug-likeness (QED) is 0.811. The summed E-state index contributed by atoms with van der Waals surface area (Å²) in [5, 5.41) is 7.12. The van der Waals surface area contributed by atoms with Gasteiger partial charge in [-0.15, -0.1) is 0 Å². The average Bonchev–Trinajstić information content (AvgIpc) is 3.09. The maximum Gasteiger partial charge on any atom is 0.279 e. The van der Waals surface area contributed by atoms with E-state index < -0.39 is 12.1 Å². The van der Waals surface area contributed by atoms with E-state index in [1.807, 2.05) is 6.07 Å². The number of imidazole rings is 1. The van der Waals surface area contributed by atoms with E-state index in [-0.39, 0.29) is 0 Å². The first-order chi connectivity index (χ1) is 12.0. The minimum atomic E-state index is -2.79. The Labute approximate surface area is 144 Å². The highest BCUT2D eigenvalue weighted by Crippen LogP contribution is 2.25. The number of halogens is 2. The van der Waals surface area contributed by atoms with E-state index in [4.69, 9.17) is 5.41 Å². The van der Waals surface area contributed by atoms with Crippen LogP contribution in [0, 0.1) is 5.41 Å². The van der Waals surface area contributed by atoms with Crippen molar-refractivity contribution in [2.75, 3.05) is 11.4 Å². The van der Waals surface area contributed by atoms with Gasteiger partial charge in [0, 0.05) is 18.7 Å². The first kappa shape index (κ1) is 17.2. The van der Waals surface area contributed by atoms with Crippen LogP contribution in [0.1, 0.15) is 32.0 Å². The van der Waals surface area contributed by atoms with Gasteiger partial charge in [-0.1, -0.05) is 0 Å². The number of nitrogens with zero attached hydrogens (tertiary/aromatic N) is 4. The van der Waals surface area contributed by atoms with Gasteiger partial charge in [-0.25, -0.2) is 23.7 Å². The summed E-state index contributed by atoms with van der Waals surface area (Å²) < 4.78 is 24.7. The molecule has 0 aliphatic carbocycles. The molecule has 0 bridgehead atoms. The summed E-state index contributed by atoms with van der Waals surface area (Å²) in [6.07, 6.45) is 6.25. The standard InChI is InChI=1S/C17H20F2N6/c1-11-4-2-3-7-25(11)16-8-13(22-10-23-16)14-9-21-15(24-14)6-5-12(20)17(18)19/h5-6,8-11,17,20H,2-4,7H2,1H3,(H,21,24)/b6-5-,20-12?/t11-/m1/s1. The van der Waals surface area contributed by atoms with Gasteiger partial charge in [0.2, 0.25) is 0 Å². The van der Waals surface area contributed by atoms with Crippen LogP contribution < -0.4 is 4.90 Å². The number of allylic oxidation sites excluding steroid dienone is 1. The summed E-state index contributed by atoms with van der Waals surface area (Å²) in [5.41, 5.74) is 0.622. The largest absolute Gasteiger partial charge is 0.354 e. The van der Waals surface area contributed by atoms with Crippen molar-refractivity contribution < 1.29 is 8.78 Å². The molecule has 3 rings (SSSR count). The van der Waals surface area contributed by atoms with Gasteiger partial charge < -0.3 is 9.88 Å². The zero-order chi connectivity index (χ0) is 17.8. The lowest BCUT2D eigenvalue weighted by molar-refractivity contribution is 0.226. The van der Waals surface area contributed by atoms with Gasteiger partial charge >= 0.3 is 0 Å². The summed E-state index contributed by atoms with van der Waals surface area (Å²) in [6.45, 7) is 3.17. The van der Waals surface area contributed by atoms with E-state index >= 15 is 0 Å². The van der Waals surface area contributed by atoms with E-state index in [1.54, 1.807) is 6.20 Å². The van der Waals surface area contributed by atoms with E-state index in [2.05, 4.69) is 31.8 Å². The molecule has 1 fully saturated rings. The summed E-state index contributed by atoms with van der Waals surface area (Å²) in [5.74, 6) is 1.27. The second kappa shape index (κ2) is 7.50. The molecule has 1 atom stereocenters. The molecule has 0 spiro atoms. The van der Waals surface area contributed by atoms with Gasteiger partial charge in [0.1, 0.15) is 18.0 Å². The van der Waals surface area contributed by atoms with Gasteiger partial charge in [-0.3, -0.25) is 5.41 Å². The molecule has 1 aliphatic heterocycles. The van der Waals surface area contributed by atoms with E-state index in [9.17, 15) is 8.78 Å². The topological polar surface area (TPSA) is 81.5 Å². The monoisotopic (exact) mass is 346 g/mol. The first-order valence-corrected chi connectivity index (χ1v) is 8.23. The van der Waals surface area contributed by atoms with Crippen LogP contribution in [0.15, 0.2) is 24.7 Å². The fourth-order valence-corrected chi connectivity index (χ4v) is 2.88. The molecular formula is C17H20F2N6. The number of anilines is 1. The summed E-state index contributed by atoms with van der Waals surface area (Å²) >= 11 is 0. The second-order valence-corrected chi connectivity index (χ2v) is 6.07. The van der Waals surface area contributed by atoms with Gasteiger partial charge in [0.15, 0.2) is 0 Å². The zero-order valence-electron chi connectivity index (χ0n) is 13.9. The smallest absolute Gasteiger partial charge is 0.279 e. The third kappa shape index (κ3) is 4.07. The van der Waals surface area contributed by atoms with E-state index in [0.717, 1.165) is 31.3 Å². The van der Waals surface area contributed by atoms with Crippen molar-refractivity contribution in [2.24, 2.45) is 0 Å². The lowest BCUT2D eigenvalue weighted by Gasteiger charge is -2.34. The SMILES string of the molecule is C[C@@H]1CCCCN1c1cc(-c2cnc(/C=C\C(=N)C(F)F)[nH]2)ncn1. The minimum absolute atomic E-state index is 0.395. The molecule has 8 heteroatoms. The molecule has 3 heterocycles. The molecule has 0 aromatic carbocycles. The molecule has 1 aliphatic rings. The number of H-pyrrole nitrogens is 1. The van der Waals surface area contributed by atoms with Gasteiger partial charge in [-0.05, 0) is 38.3 Å². The van der Waals surface area contributed by atoms with Gasteiger partial charge in [-0.2, -0.15) is 0 Å². The number of rotatable bonds is 5.